The van der Waals surface area contributed by atoms with E-state index in [1.807, 2.05) is 6.07 Å². The molecule has 7 heteroatoms. The molecule has 0 radical (unpaired) electrons. The van der Waals surface area contributed by atoms with Crippen LogP contribution < -0.4 is 27.2 Å². The summed E-state index contributed by atoms with van der Waals surface area (Å²) in [5.41, 5.74) is 3.45. The molecule has 0 unspecified atom stereocenters. The monoisotopic (exact) mass is 538 g/mol. The molecule has 2 aromatic rings. The van der Waals surface area contributed by atoms with Gasteiger partial charge in [0.05, 0.1) is 31.7 Å². The summed E-state index contributed by atoms with van der Waals surface area (Å²) in [7, 11) is 0. The van der Waals surface area contributed by atoms with Crippen LogP contribution in [0.25, 0.3) is 0 Å². The molecule has 3 fully saturated rings. The van der Waals surface area contributed by atoms with Crippen molar-refractivity contribution in [3.63, 3.8) is 0 Å². The zero-order valence-corrected chi connectivity index (χ0v) is 22.8. The predicted octanol–water partition coefficient (Wildman–Crippen LogP) is 0.736. The molecule has 204 valence electrons. The molecule has 0 bridgehead atoms. The van der Waals surface area contributed by atoms with E-state index in [-0.39, 0.29) is 30.5 Å². The Balaban J connectivity index is 0.00000264. The normalized spacial score (nSPS) is 30.6. The molecule has 4 atom stereocenters. The van der Waals surface area contributed by atoms with Crippen LogP contribution in [0.5, 0.6) is 11.5 Å². The van der Waals surface area contributed by atoms with Crippen LogP contribution in [0, 0.1) is 11.8 Å². The minimum absolute atomic E-state index is 0. The van der Waals surface area contributed by atoms with Gasteiger partial charge in [0.2, 0.25) is 12.7 Å². The highest BCUT2D eigenvalue weighted by atomic mass is 35.5. The van der Waals surface area contributed by atoms with Crippen LogP contribution >= 0.6 is 0 Å². The van der Waals surface area contributed by atoms with Crippen molar-refractivity contribution in [3.8, 4) is 11.5 Å². The number of ether oxygens (including phenoxy) is 3. The average Bonchev–Trinajstić information content (AvgIpc) is 3.62. The lowest BCUT2D eigenvalue weighted by Gasteiger charge is -2.47. The standard InChI is InChI=1S/C31H38N2O4.ClH/c34-30(26-16-32-18-31(26)19-35-17-24-25(31)11-12-28-29(24)37-20-36-28)33-14-13-23(21-7-3-1-4-8-21)15-27(33)22-9-5-2-6-10-22;/h1,3-4,7-8,11-12,22-23,26-27,32H,2,5-6,9-10,13-20H2;1H/t23-,26+,27+,31-;/m1./s1. The van der Waals surface area contributed by atoms with E-state index >= 15 is 0 Å². The Hall–Kier alpha value is -2.28. The summed E-state index contributed by atoms with van der Waals surface area (Å²) in [4.78, 5) is 16.9. The third kappa shape index (κ3) is 4.29. The molecule has 1 spiro atoms. The Bertz CT molecular complexity index is 1150. The van der Waals surface area contributed by atoms with Crippen LogP contribution in [0.2, 0.25) is 0 Å². The van der Waals surface area contributed by atoms with Gasteiger partial charge >= 0.3 is 0 Å². The van der Waals surface area contributed by atoms with Gasteiger partial charge in [-0.3, -0.25) is 4.79 Å². The number of amides is 1. The number of carbonyl (C=O) groups is 1. The molecule has 0 aromatic heterocycles. The fraction of sp³-hybridized carbons (Fsp3) is 0.581. The molecule has 2 saturated heterocycles. The van der Waals surface area contributed by atoms with E-state index in [0.717, 1.165) is 49.5 Å². The van der Waals surface area contributed by atoms with E-state index in [1.165, 1.54) is 43.2 Å². The quantitative estimate of drug-likeness (QED) is 0.626. The molecule has 1 amide bonds. The lowest BCUT2D eigenvalue weighted by atomic mass is 9.68. The maximum Gasteiger partial charge on any atom is 0.232 e. The van der Waals surface area contributed by atoms with Crippen molar-refractivity contribution in [2.75, 3.05) is 33.0 Å². The number of hydrogen-bond acceptors (Lipinski definition) is 4. The van der Waals surface area contributed by atoms with Crippen molar-refractivity contribution in [2.45, 2.75) is 68.9 Å². The van der Waals surface area contributed by atoms with Crippen LogP contribution in [0.3, 0.4) is 0 Å². The summed E-state index contributed by atoms with van der Waals surface area (Å²) in [6.45, 7) is 3.95. The summed E-state index contributed by atoms with van der Waals surface area (Å²) in [5.74, 6) is 3.05. The second kappa shape index (κ2) is 10.7. The maximum absolute atomic E-state index is 14.6. The number of likely N-dealkylation sites (tertiary alicyclic amines) is 1. The first-order valence-electron chi connectivity index (χ1n) is 14.4. The Morgan fingerprint density at radius 2 is 1.84 bits per heavy atom. The number of hydrogen-bond donors (Lipinski definition) is 1. The second-order valence-corrected chi connectivity index (χ2v) is 11.9. The van der Waals surface area contributed by atoms with E-state index in [4.69, 9.17) is 14.2 Å². The number of quaternary nitrogens is 1. The first-order chi connectivity index (χ1) is 18.2. The van der Waals surface area contributed by atoms with Crippen molar-refractivity contribution in [1.82, 2.24) is 4.90 Å². The molecule has 7 rings (SSSR count). The summed E-state index contributed by atoms with van der Waals surface area (Å²) >= 11 is 0. The number of carbonyl (C=O) groups excluding carboxylic acids is 1. The molecule has 5 aliphatic rings. The summed E-state index contributed by atoms with van der Waals surface area (Å²) < 4.78 is 17.7. The Labute approximate surface area is 231 Å². The predicted molar refractivity (Wildman–Crippen MR) is 140 cm³/mol. The van der Waals surface area contributed by atoms with Gasteiger partial charge in [-0.25, -0.2) is 0 Å². The highest BCUT2D eigenvalue weighted by molar-refractivity contribution is 5.82. The van der Waals surface area contributed by atoms with Gasteiger partial charge in [-0.15, -0.1) is 0 Å². The van der Waals surface area contributed by atoms with E-state index in [9.17, 15) is 4.79 Å². The van der Waals surface area contributed by atoms with Crippen LogP contribution in [0.15, 0.2) is 42.5 Å². The zero-order valence-electron chi connectivity index (χ0n) is 22.1. The highest BCUT2D eigenvalue weighted by Crippen LogP contribution is 2.48. The summed E-state index contributed by atoms with van der Waals surface area (Å²) in [6.07, 6.45) is 8.60. The van der Waals surface area contributed by atoms with Gasteiger partial charge in [0, 0.05) is 18.2 Å². The van der Waals surface area contributed by atoms with Crippen LogP contribution in [0.4, 0.5) is 0 Å². The van der Waals surface area contributed by atoms with Crippen molar-refractivity contribution in [3.05, 3.63) is 59.2 Å². The summed E-state index contributed by atoms with van der Waals surface area (Å²) in [5, 5.41) is 2.33. The van der Waals surface area contributed by atoms with Gasteiger partial charge in [-0.05, 0) is 54.7 Å². The van der Waals surface area contributed by atoms with Gasteiger partial charge < -0.3 is 36.8 Å². The van der Waals surface area contributed by atoms with E-state index < -0.39 is 0 Å². The lowest BCUT2D eigenvalue weighted by Crippen LogP contribution is -3.00. The molecule has 4 aliphatic heterocycles. The molecular weight excluding hydrogens is 500 g/mol. The molecule has 2 aromatic carbocycles. The number of nitrogens with zero attached hydrogens (tertiary/aromatic N) is 1. The highest BCUT2D eigenvalue weighted by Gasteiger charge is 2.56. The number of fused-ring (bicyclic) bond motifs is 4. The van der Waals surface area contributed by atoms with Crippen LogP contribution in [-0.2, 0) is 21.6 Å². The first kappa shape index (κ1) is 26.0. The van der Waals surface area contributed by atoms with Gasteiger partial charge in [0.25, 0.3) is 0 Å². The number of nitrogens with two attached hydrogens (primary N) is 1. The Morgan fingerprint density at radius 1 is 1.00 bits per heavy atom. The smallest absolute Gasteiger partial charge is 0.232 e. The lowest BCUT2D eigenvalue weighted by molar-refractivity contribution is -0.640. The Kier molecular flexibility index (Phi) is 7.32. The zero-order chi connectivity index (χ0) is 24.8. The maximum atomic E-state index is 14.6. The fourth-order valence-corrected chi connectivity index (χ4v) is 8.19. The number of piperidine rings is 1. The third-order valence-corrected chi connectivity index (χ3v) is 10.1. The summed E-state index contributed by atoms with van der Waals surface area (Å²) in [6, 6.07) is 15.5. The molecule has 1 saturated carbocycles. The largest absolute Gasteiger partial charge is 1.00 e. The van der Waals surface area contributed by atoms with Crippen molar-refractivity contribution in [1.29, 1.82) is 0 Å². The average molecular weight is 539 g/mol. The molecule has 6 nitrogen and oxygen atoms in total. The molecule has 4 heterocycles. The second-order valence-electron chi connectivity index (χ2n) is 11.9. The van der Waals surface area contributed by atoms with Crippen molar-refractivity contribution in [2.24, 2.45) is 11.8 Å². The SMILES string of the molecule is O=C([C@@H]1C[NH2+]C[C@]12COCc1c2ccc2c1OCO2)N1CC[C@@H](c2ccccc2)C[C@H]1C1CCCCC1.[Cl-]. The Morgan fingerprint density at radius 3 is 2.68 bits per heavy atom. The molecule has 1 aliphatic carbocycles. The first-order valence-corrected chi connectivity index (χ1v) is 14.4. The molecular formula is C31H39ClN2O4. The number of rotatable bonds is 3. The number of benzene rings is 2. The van der Waals surface area contributed by atoms with Crippen molar-refractivity contribution >= 4 is 5.91 Å². The molecule has 38 heavy (non-hydrogen) atoms. The van der Waals surface area contributed by atoms with Gasteiger partial charge in [0.1, 0.15) is 5.92 Å². The topological polar surface area (TPSA) is 64.6 Å². The van der Waals surface area contributed by atoms with Crippen LogP contribution in [-0.4, -0.2) is 49.9 Å². The fourth-order valence-electron chi connectivity index (χ4n) is 8.19. The molecule has 2 N–H and O–H groups in total. The van der Waals surface area contributed by atoms with Gasteiger partial charge in [-0.2, -0.15) is 0 Å². The third-order valence-electron chi connectivity index (χ3n) is 10.1. The van der Waals surface area contributed by atoms with E-state index in [0.29, 0.717) is 37.0 Å². The van der Waals surface area contributed by atoms with Crippen LogP contribution in [0.1, 0.15) is 67.6 Å². The van der Waals surface area contributed by atoms with Crippen molar-refractivity contribution < 1.29 is 36.7 Å². The van der Waals surface area contributed by atoms with Gasteiger partial charge in [-0.1, -0.05) is 55.7 Å². The van der Waals surface area contributed by atoms with E-state index in [1.54, 1.807) is 0 Å². The minimum Gasteiger partial charge on any atom is -1.00 e. The van der Waals surface area contributed by atoms with Gasteiger partial charge in [0.15, 0.2) is 11.5 Å². The minimum atomic E-state index is -0.307. The number of halogens is 1. The van der Waals surface area contributed by atoms with E-state index in [2.05, 4.69) is 46.6 Å².